The minimum absolute atomic E-state index is 0.0701. The van der Waals surface area contributed by atoms with E-state index in [4.69, 9.17) is 0 Å². The normalized spacial score (nSPS) is 15.6. The van der Waals surface area contributed by atoms with Crippen LogP contribution in [0, 0.1) is 5.95 Å². The fourth-order valence-corrected chi connectivity index (χ4v) is 2.89. The molecule has 2 aromatic rings. The Kier molecular flexibility index (Phi) is 5.59. The number of amides is 1. The predicted octanol–water partition coefficient (Wildman–Crippen LogP) is 3.00. The molecule has 1 N–H and O–H groups in total. The van der Waals surface area contributed by atoms with Crippen molar-refractivity contribution in [2.45, 2.75) is 6.18 Å². The molecule has 0 radical (unpaired) electrons. The molecular weight excluding hydrogens is 364 g/mol. The van der Waals surface area contributed by atoms with Crippen molar-refractivity contribution in [1.82, 2.24) is 9.88 Å². The topological polar surface area (TPSA) is 48.5 Å². The van der Waals surface area contributed by atoms with Crippen molar-refractivity contribution in [2.75, 3.05) is 42.9 Å². The summed E-state index contributed by atoms with van der Waals surface area (Å²) in [7, 11) is 0. The van der Waals surface area contributed by atoms with Crippen molar-refractivity contribution >= 4 is 17.4 Å². The first-order valence-corrected chi connectivity index (χ1v) is 8.38. The number of carbonyl (C=O) groups is 1. The summed E-state index contributed by atoms with van der Waals surface area (Å²) in [5.74, 6) is -0.384. The molecule has 1 aromatic carbocycles. The number of rotatable bonds is 4. The second-order valence-corrected chi connectivity index (χ2v) is 6.21. The van der Waals surface area contributed by atoms with Gasteiger partial charge in [0.1, 0.15) is 5.82 Å². The average Bonchev–Trinajstić information content (AvgIpc) is 2.62. The smallest absolute Gasteiger partial charge is 0.354 e. The maximum absolute atomic E-state index is 13.2. The summed E-state index contributed by atoms with van der Waals surface area (Å²) in [6, 6.07) is 9.12. The van der Waals surface area contributed by atoms with Gasteiger partial charge < -0.3 is 10.2 Å². The zero-order valence-corrected chi connectivity index (χ0v) is 14.3. The maximum Gasteiger partial charge on any atom is 0.416 e. The largest absolute Gasteiger partial charge is 0.416 e. The van der Waals surface area contributed by atoms with E-state index in [0.717, 1.165) is 12.1 Å². The highest BCUT2D eigenvalue weighted by molar-refractivity contribution is 5.92. The Bertz CT molecular complexity index is 804. The van der Waals surface area contributed by atoms with Crippen molar-refractivity contribution in [2.24, 2.45) is 0 Å². The summed E-state index contributed by atoms with van der Waals surface area (Å²) < 4.78 is 51.4. The molecule has 1 aliphatic rings. The van der Waals surface area contributed by atoms with Crippen LogP contribution in [0.3, 0.4) is 0 Å². The number of benzene rings is 1. The monoisotopic (exact) mass is 382 g/mol. The first-order valence-electron chi connectivity index (χ1n) is 8.38. The molecule has 1 saturated heterocycles. The van der Waals surface area contributed by atoms with Crippen LogP contribution in [0.15, 0.2) is 42.5 Å². The lowest BCUT2D eigenvalue weighted by molar-refractivity contribution is -0.137. The number of hydrogen-bond acceptors (Lipinski definition) is 4. The maximum atomic E-state index is 13.2. The number of nitrogens with one attached hydrogen (secondary N) is 1. The Morgan fingerprint density at radius 2 is 1.78 bits per heavy atom. The molecule has 144 valence electrons. The van der Waals surface area contributed by atoms with E-state index in [2.05, 4.69) is 10.3 Å². The Balaban J connectivity index is 1.51. The molecule has 0 saturated carbocycles. The second kappa shape index (κ2) is 7.91. The van der Waals surface area contributed by atoms with E-state index >= 15 is 0 Å². The van der Waals surface area contributed by atoms with Crippen LogP contribution in [0.1, 0.15) is 5.56 Å². The molecule has 1 amide bonds. The lowest BCUT2D eigenvalue weighted by atomic mass is 10.2. The Morgan fingerprint density at radius 1 is 1.07 bits per heavy atom. The van der Waals surface area contributed by atoms with E-state index in [1.807, 2.05) is 9.80 Å². The number of aromatic nitrogens is 1. The molecule has 0 unspecified atom stereocenters. The summed E-state index contributed by atoms with van der Waals surface area (Å²) in [5.41, 5.74) is -0.700. The highest BCUT2D eigenvalue weighted by Crippen LogP contribution is 2.30. The minimum Gasteiger partial charge on any atom is -0.354 e. The van der Waals surface area contributed by atoms with Gasteiger partial charge in [-0.3, -0.25) is 9.69 Å². The van der Waals surface area contributed by atoms with Crippen LogP contribution in [0.5, 0.6) is 0 Å². The van der Waals surface area contributed by atoms with Crippen LogP contribution in [0.2, 0.25) is 0 Å². The summed E-state index contributed by atoms with van der Waals surface area (Å²) in [6.07, 6.45) is -4.46. The number of nitrogens with zero attached hydrogens (tertiary/aromatic N) is 3. The molecule has 0 bridgehead atoms. The zero-order chi connectivity index (χ0) is 19.4. The third-order valence-electron chi connectivity index (χ3n) is 4.24. The summed E-state index contributed by atoms with van der Waals surface area (Å²) in [4.78, 5) is 19.8. The number of pyridine rings is 1. The fraction of sp³-hybridized carbons (Fsp3) is 0.333. The SMILES string of the molecule is O=C(CN1CCN(c2cccc(F)n2)CC1)Nc1cccc(C(F)(F)F)c1. The lowest BCUT2D eigenvalue weighted by Crippen LogP contribution is -2.49. The van der Waals surface area contributed by atoms with Crippen LogP contribution < -0.4 is 10.2 Å². The average molecular weight is 382 g/mol. The third-order valence-corrected chi connectivity index (χ3v) is 4.24. The van der Waals surface area contributed by atoms with Crippen LogP contribution in [0.4, 0.5) is 29.1 Å². The number of piperazine rings is 1. The molecule has 3 rings (SSSR count). The number of halogens is 4. The van der Waals surface area contributed by atoms with Crippen LogP contribution in [-0.2, 0) is 11.0 Å². The Hall–Kier alpha value is -2.68. The molecule has 5 nitrogen and oxygen atoms in total. The van der Waals surface area contributed by atoms with Crippen molar-refractivity contribution in [3.63, 3.8) is 0 Å². The number of hydrogen-bond donors (Lipinski definition) is 1. The van der Waals surface area contributed by atoms with Gasteiger partial charge in [0.2, 0.25) is 11.9 Å². The standard InChI is InChI=1S/C18H18F4N4O/c19-15-5-2-6-16(24-15)26-9-7-25(8-10-26)12-17(27)23-14-4-1-3-13(11-14)18(20,21)22/h1-6,11H,7-10,12H2,(H,23,27). The van der Waals surface area contributed by atoms with Gasteiger partial charge in [0.25, 0.3) is 0 Å². The van der Waals surface area contributed by atoms with E-state index in [1.54, 1.807) is 12.1 Å². The molecule has 1 aliphatic heterocycles. The van der Waals surface area contributed by atoms with Gasteiger partial charge >= 0.3 is 6.18 Å². The van der Waals surface area contributed by atoms with Crippen LogP contribution in [-0.4, -0.2) is 48.5 Å². The molecule has 0 aliphatic carbocycles. The van der Waals surface area contributed by atoms with E-state index in [-0.39, 0.29) is 18.1 Å². The van der Waals surface area contributed by atoms with E-state index in [0.29, 0.717) is 32.0 Å². The molecule has 1 fully saturated rings. The lowest BCUT2D eigenvalue weighted by Gasteiger charge is -2.34. The Labute approximate surface area is 153 Å². The van der Waals surface area contributed by atoms with Crippen molar-refractivity contribution in [3.8, 4) is 0 Å². The number of carbonyl (C=O) groups excluding carboxylic acids is 1. The fourth-order valence-electron chi connectivity index (χ4n) is 2.89. The third kappa shape index (κ3) is 5.16. The Morgan fingerprint density at radius 3 is 2.44 bits per heavy atom. The van der Waals surface area contributed by atoms with Gasteiger partial charge in [-0.1, -0.05) is 12.1 Å². The van der Waals surface area contributed by atoms with E-state index < -0.39 is 17.7 Å². The first-order chi connectivity index (χ1) is 12.8. The predicted molar refractivity (Wildman–Crippen MR) is 92.9 cm³/mol. The van der Waals surface area contributed by atoms with Gasteiger partial charge in [-0.25, -0.2) is 4.98 Å². The zero-order valence-electron chi connectivity index (χ0n) is 14.3. The highest BCUT2D eigenvalue weighted by Gasteiger charge is 2.30. The van der Waals surface area contributed by atoms with E-state index in [9.17, 15) is 22.4 Å². The molecular formula is C18H18F4N4O. The molecule has 0 spiro atoms. The number of alkyl halides is 3. The number of anilines is 2. The van der Waals surface area contributed by atoms with Gasteiger partial charge in [0.05, 0.1) is 12.1 Å². The van der Waals surface area contributed by atoms with E-state index in [1.165, 1.54) is 18.2 Å². The first kappa shape index (κ1) is 19.1. The van der Waals surface area contributed by atoms with Gasteiger partial charge in [-0.2, -0.15) is 17.6 Å². The highest BCUT2D eigenvalue weighted by atomic mass is 19.4. The van der Waals surface area contributed by atoms with Crippen molar-refractivity contribution < 1.29 is 22.4 Å². The summed E-state index contributed by atoms with van der Waals surface area (Å²) in [5, 5.41) is 2.50. The van der Waals surface area contributed by atoms with Crippen molar-refractivity contribution in [1.29, 1.82) is 0 Å². The summed E-state index contributed by atoms with van der Waals surface area (Å²) >= 11 is 0. The quantitative estimate of drug-likeness (QED) is 0.653. The summed E-state index contributed by atoms with van der Waals surface area (Å²) in [6.45, 7) is 2.35. The van der Waals surface area contributed by atoms with Crippen LogP contribution in [0.25, 0.3) is 0 Å². The van der Waals surface area contributed by atoms with Gasteiger partial charge in [0.15, 0.2) is 0 Å². The van der Waals surface area contributed by atoms with Crippen LogP contribution >= 0.6 is 0 Å². The van der Waals surface area contributed by atoms with Gasteiger partial charge in [0, 0.05) is 31.9 Å². The molecule has 0 atom stereocenters. The second-order valence-electron chi connectivity index (χ2n) is 6.21. The molecule has 1 aromatic heterocycles. The van der Waals surface area contributed by atoms with Gasteiger partial charge in [-0.15, -0.1) is 0 Å². The minimum atomic E-state index is -4.46. The van der Waals surface area contributed by atoms with Gasteiger partial charge in [-0.05, 0) is 30.3 Å². The molecule has 9 heteroatoms. The van der Waals surface area contributed by atoms with Crippen molar-refractivity contribution in [3.05, 3.63) is 54.0 Å². The molecule has 27 heavy (non-hydrogen) atoms. The molecule has 2 heterocycles.